The summed E-state index contributed by atoms with van der Waals surface area (Å²) in [5.41, 5.74) is 0. The first kappa shape index (κ1) is 15.8. The fourth-order valence-electron chi connectivity index (χ4n) is 1.73. The fourth-order valence-corrected chi connectivity index (χ4v) is 1.73. The molecule has 118 valence electrons. The molecule has 0 bridgehead atoms. The molecule has 2 rings (SSSR count). The fraction of sp³-hybridized carbons (Fsp3) is 0.786. The van der Waals surface area contributed by atoms with Gasteiger partial charge in [0.05, 0.1) is 6.61 Å². The molecule has 1 heterocycles. The van der Waals surface area contributed by atoms with Crippen LogP contribution in [0.3, 0.4) is 0 Å². The molecule has 7 nitrogen and oxygen atoms in total. The first-order chi connectivity index (χ1) is 10.2. The van der Waals surface area contributed by atoms with Gasteiger partial charge in [0.1, 0.15) is 0 Å². The highest BCUT2D eigenvalue weighted by Crippen LogP contribution is 2.28. The highest BCUT2D eigenvalue weighted by molar-refractivity contribution is 5.42. The van der Waals surface area contributed by atoms with Crippen molar-refractivity contribution in [2.45, 2.75) is 26.2 Å². The largest absolute Gasteiger partial charge is 0.379 e. The Labute approximate surface area is 126 Å². The Morgan fingerprint density at radius 1 is 1.10 bits per heavy atom. The van der Waals surface area contributed by atoms with Gasteiger partial charge in [0, 0.05) is 33.8 Å². The van der Waals surface area contributed by atoms with E-state index in [9.17, 15) is 0 Å². The van der Waals surface area contributed by atoms with E-state index in [1.54, 1.807) is 0 Å². The molecule has 1 aliphatic carbocycles. The Hall–Kier alpha value is -1.63. The lowest BCUT2D eigenvalue weighted by molar-refractivity contribution is 0.133. The normalized spacial score (nSPS) is 14.0. The summed E-state index contributed by atoms with van der Waals surface area (Å²) >= 11 is 0. The predicted octanol–water partition coefficient (Wildman–Crippen LogP) is 1.60. The van der Waals surface area contributed by atoms with Gasteiger partial charge in [0.2, 0.25) is 17.8 Å². The van der Waals surface area contributed by atoms with Gasteiger partial charge in [-0.05, 0) is 25.2 Å². The highest BCUT2D eigenvalue weighted by atomic mass is 16.5. The maximum absolute atomic E-state index is 5.59. The third-order valence-electron chi connectivity index (χ3n) is 3.14. The third-order valence-corrected chi connectivity index (χ3v) is 3.14. The van der Waals surface area contributed by atoms with E-state index in [-0.39, 0.29) is 0 Å². The summed E-state index contributed by atoms with van der Waals surface area (Å²) in [7, 11) is 3.84. The molecule has 7 heteroatoms. The Morgan fingerprint density at radius 3 is 2.33 bits per heavy atom. The Balaban J connectivity index is 1.84. The van der Waals surface area contributed by atoms with E-state index >= 15 is 0 Å². The van der Waals surface area contributed by atoms with Gasteiger partial charge in [-0.1, -0.05) is 6.92 Å². The molecule has 0 amide bonds. The van der Waals surface area contributed by atoms with Crippen molar-refractivity contribution in [2.24, 2.45) is 5.92 Å². The zero-order valence-electron chi connectivity index (χ0n) is 13.2. The van der Waals surface area contributed by atoms with E-state index in [0.29, 0.717) is 31.0 Å². The SMILES string of the molecule is CCCNc1nc(NCCOCC2CC2)nc(N(C)C)n1. The van der Waals surface area contributed by atoms with Crippen LogP contribution in [0.5, 0.6) is 0 Å². The average molecular weight is 294 g/mol. The second-order valence-electron chi connectivity index (χ2n) is 5.55. The minimum atomic E-state index is 0.585. The number of rotatable bonds is 10. The second-order valence-corrected chi connectivity index (χ2v) is 5.55. The molecule has 0 aliphatic heterocycles. The third kappa shape index (κ3) is 5.71. The lowest BCUT2D eigenvalue weighted by Gasteiger charge is -2.14. The Morgan fingerprint density at radius 2 is 1.76 bits per heavy atom. The molecule has 0 saturated heterocycles. The van der Waals surface area contributed by atoms with Crippen LogP contribution < -0.4 is 15.5 Å². The lowest BCUT2D eigenvalue weighted by atomic mass is 10.5. The topological polar surface area (TPSA) is 75.2 Å². The first-order valence-electron chi connectivity index (χ1n) is 7.68. The molecule has 1 saturated carbocycles. The Bertz CT molecular complexity index is 435. The minimum Gasteiger partial charge on any atom is -0.379 e. The quantitative estimate of drug-likeness (QED) is 0.635. The number of hydrogen-bond acceptors (Lipinski definition) is 7. The molecule has 1 aromatic heterocycles. The van der Waals surface area contributed by atoms with Gasteiger partial charge in [-0.2, -0.15) is 15.0 Å². The second kappa shape index (κ2) is 7.97. The summed E-state index contributed by atoms with van der Waals surface area (Å²) in [6.07, 6.45) is 3.67. The van der Waals surface area contributed by atoms with Crippen LogP contribution >= 0.6 is 0 Å². The maximum Gasteiger partial charge on any atom is 0.231 e. The van der Waals surface area contributed by atoms with Crippen molar-refractivity contribution in [3.63, 3.8) is 0 Å². The summed E-state index contributed by atoms with van der Waals surface area (Å²) in [6, 6.07) is 0. The number of ether oxygens (including phenoxy) is 1. The molecule has 1 aliphatic rings. The van der Waals surface area contributed by atoms with Gasteiger partial charge in [-0.3, -0.25) is 0 Å². The summed E-state index contributed by atoms with van der Waals surface area (Å²) in [5, 5.41) is 6.39. The molecule has 1 fully saturated rings. The number of anilines is 3. The smallest absolute Gasteiger partial charge is 0.231 e. The first-order valence-corrected chi connectivity index (χ1v) is 7.68. The van der Waals surface area contributed by atoms with E-state index in [0.717, 1.165) is 25.5 Å². The molecule has 0 aromatic carbocycles. The van der Waals surface area contributed by atoms with Crippen LogP contribution in [0.2, 0.25) is 0 Å². The molecular weight excluding hydrogens is 268 g/mol. The highest BCUT2D eigenvalue weighted by Gasteiger charge is 2.20. The van der Waals surface area contributed by atoms with Crippen molar-refractivity contribution >= 4 is 17.8 Å². The van der Waals surface area contributed by atoms with Crippen molar-refractivity contribution in [2.75, 3.05) is 55.9 Å². The van der Waals surface area contributed by atoms with Crippen LogP contribution in [0.25, 0.3) is 0 Å². The predicted molar refractivity (Wildman–Crippen MR) is 85.0 cm³/mol. The van der Waals surface area contributed by atoms with E-state index in [1.165, 1.54) is 12.8 Å². The molecule has 2 N–H and O–H groups in total. The van der Waals surface area contributed by atoms with Crippen LogP contribution in [0.15, 0.2) is 0 Å². The van der Waals surface area contributed by atoms with Crippen LogP contribution in [-0.4, -0.2) is 55.4 Å². The number of nitrogens with zero attached hydrogens (tertiary/aromatic N) is 4. The molecular formula is C14H26N6O. The van der Waals surface area contributed by atoms with E-state index in [2.05, 4.69) is 32.5 Å². The number of nitrogens with one attached hydrogen (secondary N) is 2. The lowest BCUT2D eigenvalue weighted by Crippen LogP contribution is -2.19. The van der Waals surface area contributed by atoms with Gasteiger partial charge in [-0.15, -0.1) is 0 Å². The van der Waals surface area contributed by atoms with Crippen molar-refractivity contribution in [3.8, 4) is 0 Å². The summed E-state index contributed by atoms with van der Waals surface area (Å²) in [4.78, 5) is 15.0. The average Bonchev–Trinajstić information content (AvgIpc) is 3.28. The molecule has 21 heavy (non-hydrogen) atoms. The van der Waals surface area contributed by atoms with Crippen LogP contribution in [0.4, 0.5) is 17.8 Å². The van der Waals surface area contributed by atoms with Crippen molar-refractivity contribution in [3.05, 3.63) is 0 Å². The zero-order chi connectivity index (χ0) is 15.1. The van der Waals surface area contributed by atoms with Gasteiger partial charge in [-0.25, -0.2) is 0 Å². The van der Waals surface area contributed by atoms with Crippen LogP contribution in [-0.2, 0) is 4.74 Å². The van der Waals surface area contributed by atoms with Crippen LogP contribution in [0, 0.1) is 5.92 Å². The molecule has 1 aromatic rings. The minimum absolute atomic E-state index is 0.585. The standard InChI is InChI=1S/C14H26N6O/c1-4-7-15-12-17-13(19-14(18-12)20(2)3)16-8-9-21-10-11-5-6-11/h11H,4-10H2,1-3H3,(H2,15,16,17,18,19). The maximum atomic E-state index is 5.59. The monoisotopic (exact) mass is 294 g/mol. The van der Waals surface area contributed by atoms with E-state index in [1.807, 2.05) is 19.0 Å². The molecule has 0 unspecified atom stereocenters. The van der Waals surface area contributed by atoms with Crippen molar-refractivity contribution in [1.82, 2.24) is 15.0 Å². The molecule has 0 radical (unpaired) electrons. The van der Waals surface area contributed by atoms with Crippen LogP contribution in [0.1, 0.15) is 26.2 Å². The van der Waals surface area contributed by atoms with E-state index in [4.69, 9.17) is 4.74 Å². The zero-order valence-corrected chi connectivity index (χ0v) is 13.2. The van der Waals surface area contributed by atoms with Crippen molar-refractivity contribution in [1.29, 1.82) is 0 Å². The van der Waals surface area contributed by atoms with Gasteiger partial charge in [0.25, 0.3) is 0 Å². The number of hydrogen-bond donors (Lipinski definition) is 2. The summed E-state index contributed by atoms with van der Waals surface area (Å²) < 4.78 is 5.59. The van der Waals surface area contributed by atoms with Gasteiger partial charge >= 0.3 is 0 Å². The molecule has 0 atom stereocenters. The summed E-state index contributed by atoms with van der Waals surface area (Å²) in [6.45, 7) is 5.22. The molecule has 0 spiro atoms. The Kier molecular flexibility index (Phi) is 5.98. The summed E-state index contributed by atoms with van der Waals surface area (Å²) in [5.74, 6) is 2.64. The van der Waals surface area contributed by atoms with Crippen molar-refractivity contribution < 1.29 is 4.74 Å². The van der Waals surface area contributed by atoms with Gasteiger partial charge < -0.3 is 20.3 Å². The van der Waals surface area contributed by atoms with Gasteiger partial charge in [0.15, 0.2) is 0 Å². The number of aromatic nitrogens is 3. The van der Waals surface area contributed by atoms with E-state index < -0.39 is 0 Å².